The highest BCUT2D eigenvalue weighted by atomic mass is 35.5. The molecule has 1 aromatic heterocycles. The predicted molar refractivity (Wildman–Crippen MR) is 120 cm³/mol. The Bertz CT molecular complexity index is 1410. The zero-order chi connectivity index (χ0) is 21.5. The average Bonchev–Trinajstić information content (AvgIpc) is 3.25. The molecule has 0 bridgehead atoms. The molecule has 5 rings (SSSR count). The number of fused-ring (bicyclic) bond motifs is 2. The minimum absolute atomic E-state index is 0.130. The van der Waals surface area contributed by atoms with E-state index in [0.717, 1.165) is 0 Å². The molecule has 0 saturated carbocycles. The van der Waals surface area contributed by atoms with Gasteiger partial charge in [-0.05, 0) is 42.0 Å². The molecule has 3 aromatic carbocycles. The Morgan fingerprint density at radius 3 is 2.58 bits per heavy atom. The molecule has 0 spiro atoms. The molecule has 4 aromatic rings. The topological polar surface area (TPSA) is 69.6 Å². The summed E-state index contributed by atoms with van der Waals surface area (Å²) in [5, 5.41) is 3.78. The van der Waals surface area contributed by atoms with E-state index in [-0.39, 0.29) is 12.2 Å². The van der Waals surface area contributed by atoms with Crippen LogP contribution in [0.4, 0.5) is 5.82 Å². The highest BCUT2D eigenvalue weighted by molar-refractivity contribution is 6.34. The number of benzene rings is 3. The fourth-order valence-corrected chi connectivity index (χ4v) is 4.00. The minimum Gasteiger partial charge on any atom is -0.454 e. The molecule has 2 heterocycles. The van der Waals surface area contributed by atoms with Crippen molar-refractivity contribution in [3.8, 4) is 22.6 Å². The number of hydrogen-bond donors (Lipinski definition) is 1. The molecule has 0 unspecified atom stereocenters. The van der Waals surface area contributed by atoms with Crippen molar-refractivity contribution in [2.24, 2.45) is 7.05 Å². The second kappa shape index (κ2) is 7.49. The predicted octanol–water partition coefficient (Wildman–Crippen LogP) is 4.84. The number of rotatable bonds is 3. The van der Waals surface area contributed by atoms with E-state index in [1.165, 1.54) is 0 Å². The van der Waals surface area contributed by atoms with Crippen molar-refractivity contribution in [1.82, 2.24) is 4.57 Å². The fourth-order valence-electron chi connectivity index (χ4n) is 3.77. The van der Waals surface area contributed by atoms with Gasteiger partial charge < -0.3 is 19.4 Å². The summed E-state index contributed by atoms with van der Waals surface area (Å²) in [4.78, 5) is 26.6. The summed E-state index contributed by atoms with van der Waals surface area (Å²) < 4.78 is 12.7. The van der Waals surface area contributed by atoms with Crippen molar-refractivity contribution in [3.63, 3.8) is 0 Å². The summed E-state index contributed by atoms with van der Waals surface area (Å²) >= 11 is 6.21. The van der Waals surface area contributed by atoms with Crippen LogP contribution in [0.15, 0.2) is 71.5 Å². The number of aromatic nitrogens is 1. The first-order chi connectivity index (χ1) is 15.0. The van der Waals surface area contributed by atoms with Gasteiger partial charge >= 0.3 is 0 Å². The zero-order valence-corrected chi connectivity index (χ0v) is 17.3. The molecule has 1 aliphatic rings. The lowest BCUT2D eigenvalue weighted by atomic mass is 10.0. The SMILES string of the molecule is Cn1c(NC(=O)c2ccccc2Cl)c(-c2ccc3c(c2)OCO3)c(=O)c2ccccc21. The number of nitrogens with zero attached hydrogens (tertiary/aromatic N) is 1. The summed E-state index contributed by atoms with van der Waals surface area (Å²) in [6.07, 6.45) is 0. The van der Waals surface area contributed by atoms with Gasteiger partial charge in [-0.25, -0.2) is 0 Å². The number of pyridine rings is 1. The maximum atomic E-state index is 13.5. The van der Waals surface area contributed by atoms with E-state index in [1.54, 1.807) is 60.1 Å². The first-order valence-corrected chi connectivity index (χ1v) is 10.00. The van der Waals surface area contributed by atoms with E-state index >= 15 is 0 Å². The first-order valence-electron chi connectivity index (χ1n) is 9.62. The summed E-state index contributed by atoms with van der Waals surface area (Å²) in [5.41, 5.74) is 1.81. The van der Waals surface area contributed by atoms with Crippen LogP contribution in [0.3, 0.4) is 0 Å². The van der Waals surface area contributed by atoms with Gasteiger partial charge in [0.2, 0.25) is 6.79 Å². The van der Waals surface area contributed by atoms with Crippen molar-refractivity contribution in [2.45, 2.75) is 0 Å². The number of para-hydroxylation sites is 1. The Morgan fingerprint density at radius 1 is 1.00 bits per heavy atom. The summed E-state index contributed by atoms with van der Waals surface area (Å²) in [6, 6.07) is 19.3. The Hall–Kier alpha value is -3.77. The second-order valence-corrected chi connectivity index (χ2v) is 7.54. The third kappa shape index (κ3) is 3.21. The number of hydrogen-bond acceptors (Lipinski definition) is 4. The van der Waals surface area contributed by atoms with Gasteiger partial charge in [0.05, 0.1) is 21.7 Å². The summed E-state index contributed by atoms with van der Waals surface area (Å²) in [5.74, 6) is 1.13. The average molecular weight is 433 g/mol. The number of carbonyl (C=O) groups excluding carboxylic acids is 1. The van der Waals surface area contributed by atoms with Gasteiger partial charge in [-0.3, -0.25) is 9.59 Å². The van der Waals surface area contributed by atoms with Gasteiger partial charge in [0.15, 0.2) is 16.9 Å². The molecular weight excluding hydrogens is 416 g/mol. The van der Waals surface area contributed by atoms with E-state index in [4.69, 9.17) is 21.1 Å². The Labute approximate surface area is 182 Å². The molecule has 6 nitrogen and oxygen atoms in total. The minimum atomic E-state index is -0.405. The van der Waals surface area contributed by atoms with E-state index in [1.807, 2.05) is 18.2 Å². The summed E-state index contributed by atoms with van der Waals surface area (Å²) in [6.45, 7) is 0.130. The Balaban J connectivity index is 1.74. The van der Waals surface area contributed by atoms with Gasteiger partial charge in [0, 0.05) is 12.4 Å². The van der Waals surface area contributed by atoms with Crippen molar-refractivity contribution in [1.29, 1.82) is 0 Å². The molecule has 31 heavy (non-hydrogen) atoms. The molecule has 0 aliphatic carbocycles. The van der Waals surface area contributed by atoms with Crippen LogP contribution in [0.2, 0.25) is 5.02 Å². The molecule has 154 valence electrons. The lowest BCUT2D eigenvalue weighted by Crippen LogP contribution is -2.21. The number of aryl methyl sites for hydroxylation is 1. The highest BCUT2D eigenvalue weighted by Gasteiger charge is 2.22. The van der Waals surface area contributed by atoms with Gasteiger partial charge in [0.25, 0.3) is 5.91 Å². The smallest absolute Gasteiger partial charge is 0.258 e. The van der Waals surface area contributed by atoms with Crippen LogP contribution in [-0.4, -0.2) is 17.3 Å². The second-order valence-electron chi connectivity index (χ2n) is 7.13. The Kier molecular flexibility index (Phi) is 4.64. The van der Waals surface area contributed by atoms with Crippen LogP contribution in [0.1, 0.15) is 10.4 Å². The molecule has 1 amide bonds. The molecule has 1 aliphatic heterocycles. The quantitative estimate of drug-likeness (QED) is 0.503. The van der Waals surface area contributed by atoms with Crippen LogP contribution in [-0.2, 0) is 7.05 Å². The molecule has 7 heteroatoms. The maximum absolute atomic E-state index is 13.5. The third-order valence-corrected chi connectivity index (χ3v) is 5.65. The van der Waals surface area contributed by atoms with Gasteiger partial charge in [-0.1, -0.05) is 41.9 Å². The van der Waals surface area contributed by atoms with E-state index in [2.05, 4.69) is 5.32 Å². The number of amides is 1. The van der Waals surface area contributed by atoms with Crippen molar-refractivity contribution >= 4 is 34.2 Å². The molecule has 0 fully saturated rings. The lowest BCUT2D eigenvalue weighted by Gasteiger charge is -2.18. The highest BCUT2D eigenvalue weighted by Crippen LogP contribution is 2.37. The number of carbonyl (C=O) groups is 1. The maximum Gasteiger partial charge on any atom is 0.258 e. The van der Waals surface area contributed by atoms with Crippen molar-refractivity contribution in [3.05, 3.63) is 87.5 Å². The molecule has 0 saturated heterocycles. The van der Waals surface area contributed by atoms with E-state index < -0.39 is 5.91 Å². The third-order valence-electron chi connectivity index (χ3n) is 5.32. The Morgan fingerprint density at radius 2 is 1.74 bits per heavy atom. The number of ether oxygens (including phenoxy) is 2. The summed E-state index contributed by atoms with van der Waals surface area (Å²) in [7, 11) is 1.81. The van der Waals surface area contributed by atoms with Gasteiger partial charge in [0.1, 0.15) is 5.82 Å². The van der Waals surface area contributed by atoms with Crippen LogP contribution in [0, 0.1) is 0 Å². The molecule has 1 N–H and O–H groups in total. The molecule has 0 atom stereocenters. The number of nitrogens with one attached hydrogen (secondary N) is 1. The zero-order valence-electron chi connectivity index (χ0n) is 16.5. The number of anilines is 1. The fraction of sp³-hybridized carbons (Fsp3) is 0.0833. The van der Waals surface area contributed by atoms with Gasteiger partial charge in [-0.15, -0.1) is 0 Å². The van der Waals surface area contributed by atoms with Gasteiger partial charge in [-0.2, -0.15) is 0 Å². The standard InChI is InChI=1S/C24H17ClN2O4/c1-27-18-9-5-3-7-16(18)22(28)21(14-10-11-19-20(12-14)31-13-30-19)23(27)26-24(29)15-6-2-4-8-17(15)25/h2-12H,13H2,1H3,(H,26,29). The molecular formula is C24H17ClN2O4. The molecule has 0 radical (unpaired) electrons. The monoisotopic (exact) mass is 432 g/mol. The first kappa shape index (κ1) is 19.2. The van der Waals surface area contributed by atoms with Crippen molar-refractivity contribution < 1.29 is 14.3 Å². The van der Waals surface area contributed by atoms with Crippen LogP contribution in [0.25, 0.3) is 22.0 Å². The largest absolute Gasteiger partial charge is 0.454 e. The van der Waals surface area contributed by atoms with E-state index in [9.17, 15) is 9.59 Å². The van der Waals surface area contributed by atoms with Crippen molar-refractivity contribution in [2.75, 3.05) is 12.1 Å². The lowest BCUT2D eigenvalue weighted by molar-refractivity contribution is 0.102. The normalized spacial score (nSPS) is 12.2. The van der Waals surface area contributed by atoms with Crippen LogP contribution in [0.5, 0.6) is 11.5 Å². The van der Waals surface area contributed by atoms with E-state index in [0.29, 0.717) is 49.9 Å². The number of halogens is 1. The van der Waals surface area contributed by atoms with Crippen LogP contribution < -0.4 is 20.2 Å². The van der Waals surface area contributed by atoms with Crippen LogP contribution >= 0.6 is 11.6 Å².